The maximum atomic E-state index is 12.4. The average Bonchev–Trinajstić information content (AvgIpc) is 2.38. The lowest BCUT2D eigenvalue weighted by Crippen LogP contribution is -2.31. The number of benzene rings is 1. The van der Waals surface area contributed by atoms with Gasteiger partial charge in [0.25, 0.3) is 0 Å². The Morgan fingerprint density at radius 1 is 1.21 bits per heavy atom. The van der Waals surface area contributed by atoms with Gasteiger partial charge in [-0.05, 0) is 31.4 Å². The van der Waals surface area contributed by atoms with E-state index in [0.717, 1.165) is 17.3 Å². The van der Waals surface area contributed by atoms with E-state index in [1.165, 1.54) is 6.26 Å². The van der Waals surface area contributed by atoms with Crippen molar-refractivity contribution >= 4 is 31.6 Å². The average molecular weight is 345 g/mol. The van der Waals surface area contributed by atoms with Gasteiger partial charge in [-0.3, -0.25) is 4.79 Å². The molecule has 1 aromatic rings. The maximum absolute atomic E-state index is 12.4. The summed E-state index contributed by atoms with van der Waals surface area (Å²) >= 11 is 3.34. The second-order valence-corrected chi connectivity index (χ2v) is 8.43. The molecule has 1 saturated carbocycles. The van der Waals surface area contributed by atoms with Crippen molar-refractivity contribution in [1.29, 1.82) is 0 Å². The lowest BCUT2D eigenvalue weighted by Gasteiger charge is -2.27. The monoisotopic (exact) mass is 344 g/mol. The standard InChI is InChI=1S/C14H17BrO3S/c1-19(17,18)13-4-2-3-11(9-13)14(16)10-5-7-12(15)8-6-10/h5-8,11,13H,2-4,9H2,1H3. The molecule has 1 fully saturated rings. The van der Waals surface area contributed by atoms with Crippen molar-refractivity contribution in [2.24, 2.45) is 5.92 Å². The number of halogens is 1. The number of ketones is 1. The molecule has 0 bridgehead atoms. The zero-order chi connectivity index (χ0) is 14.0. The highest BCUT2D eigenvalue weighted by molar-refractivity contribution is 9.10. The number of sulfone groups is 1. The number of Topliss-reactive ketones (excluding diaryl/α,β-unsaturated/α-hetero) is 1. The van der Waals surface area contributed by atoms with E-state index in [-0.39, 0.29) is 17.0 Å². The third-order valence-electron chi connectivity index (χ3n) is 3.73. The summed E-state index contributed by atoms with van der Waals surface area (Å²) in [5, 5.41) is -0.356. The summed E-state index contributed by atoms with van der Waals surface area (Å²) < 4.78 is 24.2. The third-order valence-corrected chi connectivity index (χ3v) is 5.90. The summed E-state index contributed by atoms with van der Waals surface area (Å²) in [5.41, 5.74) is 0.669. The Balaban J connectivity index is 2.13. The zero-order valence-corrected chi connectivity index (χ0v) is 13.2. The van der Waals surface area contributed by atoms with Gasteiger partial charge in [-0.2, -0.15) is 0 Å². The Morgan fingerprint density at radius 3 is 2.42 bits per heavy atom. The Bertz CT molecular complexity index is 563. The van der Waals surface area contributed by atoms with Crippen molar-refractivity contribution in [3.8, 4) is 0 Å². The minimum atomic E-state index is -3.04. The van der Waals surface area contributed by atoms with Crippen LogP contribution in [-0.2, 0) is 9.84 Å². The molecule has 2 rings (SSSR count). The molecule has 0 heterocycles. The number of hydrogen-bond donors (Lipinski definition) is 0. The number of carbonyl (C=O) groups is 1. The normalized spacial score (nSPS) is 24.1. The summed E-state index contributed by atoms with van der Waals surface area (Å²) in [5.74, 6) is -0.0875. The SMILES string of the molecule is CS(=O)(=O)C1CCCC(C(=O)c2ccc(Br)cc2)C1. The van der Waals surface area contributed by atoms with E-state index in [9.17, 15) is 13.2 Å². The van der Waals surface area contributed by atoms with E-state index in [4.69, 9.17) is 0 Å². The molecule has 2 atom stereocenters. The highest BCUT2D eigenvalue weighted by Gasteiger charge is 2.32. The van der Waals surface area contributed by atoms with Gasteiger partial charge in [0.15, 0.2) is 5.78 Å². The number of rotatable bonds is 3. The van der Waals surface area contributed by atoms with Gasteiger partial charge >= 0.3 is 0 Å². The number of hydrogen-bond acceptors (Lipinski definition) is 3. The molecule has 0 radical (unpaired) electrons. The molecule has 0 aliphatic heterocycles. The molecule has 104 valence electrons. The summed E-state index contributed by atoms with van der Waals surface area (Å²) in [6, 6.07) is 7.25. The van der Waals surface area contributed by atoms with Gasteiger partial charge in [-0.1, -0.05) is 34.5 Å². The minimum Gasteiger partial charge on any atom is -0.294 e. The van der Waals surface area contributed by atoms with E-state index < -0.39 is 9.84 Å². The van der Waals surface area contributed by atoms with E-state index in [1.807, 2.05) is 12.1 Å². The highest BCUT2D eigenvalue weighted by atomic mass is 79.9. The van der Waals surface area contributed by atoms with E-state index in [2.05, 4.69) is 15.9 Å². The first kappa shape index (κ1) is 14.7. The molecule has 0 amide bonds. The van der Waals surface area contributed by atoms with Crippen molar-refractivity contribution in [2.45, 2.75) is 30.9 Å². The molecule has 1 aliphatic carbocycles. The first-order valence-electron chi connectivity index (χ1n) is 6.36. The molecular weight excluding hydrogens is 328 g/mol. The molecule has 19 heavy (non-hydrogen) atoms. The largest absolute Gasteiger partial charge is 0.294 e. The van der Waals surface area contributed by atoms with Gasteiger partial charge in [0.2, 0.25) is 0 Å². The Hall–Kier alpha value is -0.680. The Labute approximate surface area is 122 Å². The third kappa shape index (κ3) is 3.66. The Morgan fingerprint density at radius 2 is 1.84 bits per heavy atom. The van der Waals surface area contributed by atoms with Crippen LogP contribution in [0.25, 0.3) is 0 Å². The second-order valence-electron chi connectivity index (χ2n) is 5.19. The van der Waals surface area contributed by atoms with E-state index in [1.54, 1.807) is 12.1 Å². The molecule has 1 aromatic carbocycles. The van der Waals surface area contributed by atoms with Gasteiger partial charge in [0.05, 0.1) is 5.25 Å². The molecule has 0 aromatic heterocycles. The van der Waals surface area contributed by atoms with Crippen LogP contribution in [0.2, 0.25) is 0 Å². The first-order chi connectivity index (χ1) is 8.88. The van der Waals surface area contributed by atoms with Crippen LogP contribution in [0.4, 0.5) is 0 Å². The van der Waals surface area contributed by atoms with E-state index >= 15 is 0 Å². The van der Waals surface area contributed by atoms with Crippen molar-refractivity contribution in [3.63, 3.8) is 0 Å². The van der Waals surface area contributed by atoms with Gasteiger partial charge in [0, 0.05) is 22.2 Å². The zero-order valence-electron chi connectivity index (χ0n) is 10.8. The topological polar surface area (TPSA) is 51.2 Å². The van der Waals surface area contributed by atoms with E-state index in [0.29, 0.717) is 18.4 Å². The molecule has 0 N–H and O–H groups in total. The summed E-state index contributed by atoms with van der Waals surface area (Å²) in [4.78, 5) is 12.4. The number of carbonyl (C=O) groups excluding carboxylic acids is 1. The van der Waals surface area contributed by atoms with Gasteiger partial charge in [-0.25, -0.2) is 8.42 Å². The van der Waals surface area contributed by atoms with Crippen LogP contribution in [0.3, 0.4) is 0 Å². The molecule has 5 heteroatoms. The maximum Gasteiger partial charge on any atom is 0.165 e. The first-order valence-corrected chi connectivity index (χ1v) is 9.11. The fourth-order valence-electron chi connectivity index (χ4n) is 2.62. The van der Waals surface area contributed by atoms with Crippen LogP contribution in [0.1, 0.15) is 36.0 Å². The molecule has 1 aliphatic rings. The highest BCUT2D eigenvalue weighted by Crippen LogP contribution is 2.31. The summed E-state index contributed by atoms with van der Waals surface area (Å²) in [6.07, 6.45) is 4.02. The van der Waals surface area contributed by atoms with Crippen LogP contribution >= 0.6 is 15.9 Å². The van der Waals surface area contributed by atoms with Crippen LogP contribution in [-0.4, -0.2) is 25.7 Å². The Kier molecular flexibility index (Phi) is 4.46. The van der Waals surface area contributed by atoms with Crippen LogP contribution < -0.4 is 0 Å². The molecule has 2 unspecified atom stereocenters. The lowest BCUT2D eigenvalue weighted by atomic mass is 9.83. The van der Waals surface area contributed by atoms with Gasteiger partial charge in [-0.15, -0.1) is 0 Å². The molecule has 0 saturated heterocycles. The van der Waals surface area contributed by atoms with Crippen molar-refractivity contribution in [3.05, 3.63) is 34.3 Å². The van der Waals surface area contributed by atoms with Crippen molar-refractivity contribution < 1.29 is 13.2 Å². The fourth-order valence-corrected chi connectivity index (χ4v) is 4.06. The predicted octanol–water partition coefficient (Wildman–Crippen LogP) is 3.24. The second kappa shape index (κ2) is 5.75. The van der Waals surface area contributed by atoms with Crippen LogP contribution in [0, 0.1) is 5.92 Å². The minimum absolute atomic E-state index is 0.0702. The quantitative estimate of drug-likeness (QED) is 0.791. The summed E-state index contributed by atoms with van der Waals surface area (Å²) in [7, 11) is -3.04. The molecular formula is C14H17BrO3S. The predicted molar refractivity (Wildman–Crippen MR) is 79.1 cm³/mol. The van der Waals surface area contributed by atoms with Gasteiger partial charge < -0.3 is 0 Å². The lowest BCUT2D eigenvalue weighted by molar-refractivity contribution is 0.0891. The smallest absolute Gasteiger partial charge is 0.165 e. The van der Waals surface area contributed by atoms with Crippen LogP contribution in [0.5, 0.6) is 0 Å². The summed E-state index contributed by atoms with van der Waals surface area (Å²) in [6.45, 7) is 0. The fraction of sp³-hybridized carbons (Fsp3) is 0.500. The van der Waals surface area contributed by atoms with Crippen molar-refractivity contribution in [1.82, 2.24) is 0 Å². The van der Waals surface area contributed by atoms with Gasteiger partial charge in [0.1, 0.15) is 9.84 Å². The van der Waals surface area contributed by atoms with Crippen LogP contribution in [0.15, 0.2) is 28.7 Å². The van der Waals surface area contributed by atoms with Crippen molar-refractivity contribution in [2.75, 3.05) is 6.26 Å². The molecule has 0 spiro atoms. The molecule has 3 nitrogen and oxygen atoms in total.